The third kappa shape index (κ3) is 3.43. The molecule has 6 heteroatoms. The van der Waals surface area contributed by atoms with Gasteiger partial charge in [-0.1, -0.05) is 60.3 Å². The fraction of sp³-hybridized carbons (Fsp3) is 0.118. The largest absolute Gasteiger partial charge is 0.468 e. The van der Waals surface area contributed by atoms with Crippen LogP contribution in [0.15, 0.2) is 72.1 Å². The van der Waals surface area contributed by atoms with Crippen LogP contribution in [0.4, 0.5) is 0 Å². The highest BCUT2D eigenvalue weighted by Crippen LogP contribution is 2.35. The highest BCUT2D eigenvalue weighted by atomic mass is 32.2. The van der Waals surface area contributed by atoms with E-state index in [0.29, 0.717) is 5.16 Å². The van der Waals surface area contributed by atoms with E-state index < -0.39 is 5.25 Å². The molecule has 23 heavy (non-hydrogen) atoms. The van der Waals surface area contributed by atoms with E-state index in [2.05, 4.69) is 10.2 Å². The summed E-state index contributed by atoms with van der Waals surface area (Å²) in [6, 6.07) is 19.3. The molecule has 1 heterocycles. The molecule has 0 N–H and O–H groups in total. The predicted molar refractivity (Wildman–Crippen MR) is 88.4 cm³/mol. The van der Waals surface area contributed by atoms with Gasteiger partial charge in [0.15, 0.2) is 5.16 Å². The minimum absolute atomic E-state index is 0.316. The number of methoxy groups -OCH3 is 1. The molecule has 0 bridgehead atoms. The van der Waals surface area contributed by atoms with Crippen molar-refractivity contribution in [3.8, 4) is 5.69 Å². The maximum atomic E-state index is 12.2. The topological polar surface area (TPSA) is 57.0 Å². The van der Waals surface area contributed by atoms with Crippen molar-refractivity contribution in [2.75, 3.05) is 7.11 Å². The summed E-state index contributed by atoms with van der Waals surface area (Å²) in [5.41, 5.74) is 1.81. The number of thioether (sulfide) groups is 1. The Morgan fingerprint density at radius 3 is 2.39 bits per heavy atom. The van der Waals surface area contributed by atoms with E-state index in [1.807, 2.05) is 65.2 Å². The number of hydrogen-bond donors (Lipinski definition) is 0. The lowest BCUT2D eigenvalue weighted by molar-refractivity contribution is -0.140. The van der Waals surface area contributed by atoms with Crippen LogP contribution in [0.1, 0.15) is 10.8 Å². The fourth-order valence-electron chi connectivity index (χ4n) is 2.16. The summed E-state index contributed by atoms with van der Waals surface area (Å²) in [7, 11) is 1.39. The van der Waals surface area contributed by atoms with E-state index in [1.54, 1.807) is 6.33 Å². The first-order valence-electron chi connectivity index (χ1n) is 7.04. The molecule has 0 aliphatic carbocycles. The zero-order valence-electron chi connectivity index (χ0n) is 12.5. The molecular formula is C17H15N3O2S. The number of hydrogen-bond acceptors (Lipinski definition) is 5. The lowest BCUT2D eigenvalue weighted by Gasteiger charge is -2.14. The molecule has 116 valence electrons. The van der Waals surface area contributed by atoms with E-state index in [9.17, 15) is 4.79 Å². The molecule has 3 aromatic rings. The maximum absolute atomic E-state index is 12.2. The number of rotatable bonds is 5. The van der Waals surface area contributed by atoms with E-state index >= 15 is 0 Å². The van der Waals surface area contributed by atoms with Crippen LogP contribution in [0.3, 0.4) is 0 Å². The van der Waals surface area contributed by atoms with Crippen molar-refractivity contribution >= 4 is 17.7 Å². The third-order valence-corrected chi connectivity index (χ3v) is 4.48. The summed E-state index contributed by atoms with van der Waals surface area (Å²) < 4.78 is 6.79. The van der Waals surface area contributed by atoms with Crippen LogP contribution in [0.25, 0.3) is 5.69 Å². The molecule has 0 saturated heterocycles. The second-order valence-corrected chi connectivity index (χ2v) is 5.82. The standard InChI is InChI=1S/C17H15N3O2S/c1-22-16(21)15(13-8-4-2-5-9-13)23-17-19-18-12-20(17)14-10-6-3-7-11-14/h2-12,15H,1H3/t15-/m0/s1. The second kappa shape index (κ2) is 7.11. The Kier molecular flexibility index (Phi) is 4.73. The summed E-state index contributed by atoms with van der Waals surface area (Å²) in [4.78, 5) is 12.2. The number of aromatic nitrogens is 3. The van der Waals surface area contributed by atoms with Crippen molar-refractivity contribution in [3.63, 3.8) is 0 Å². The molecule has 0 unspecified atom stereocenters. The molecule has 0 aliphatic heterocycles. The fourth-order valence-corrected chi connectivity index (χ4v) is 3.22. The van der Waals surface area contributed by atoms with Gasteiger partial charge in [0.2, 0.25) is 0 Å². The quantitative estimate of drug-likeness (QED) is 0.532. The van der Waals surface area contributed by atoms with Gasteiger partial charge < -0.3 is 4.74 Å². The predicted octanol–water partition coefficient (Wildman–Crippen LogP) is 3.27. The molecule has 3 rings (SSSR count). The molecule has 0 radical (unpaired) electrons. The Bertz CT molecular complexity index is 775. The van der Waals surface area contributed by atoms with Crippen LogP contribution in [-0.4, -0.2) is 27.8 Å². The number of esters is 1. The SMILES string of the molecule is COC(=O)[C@@H](Sc1nncn1-c1ccccc1)c1ccccc1. The van der Waals surface area contributed by atoms with Crippen LogP contribution in [-0.2, 0) is 9.53 Å². The molecule has 0 fully saturated rings. The van der Waals surface area contributed by atoms with Crippen molar-refractivity contribution in [2.45, 2.75) is 10.4 Å². The van der Waals surface area contributed by atoms with E-state index in [4.69, 9.17) is 4.74 Å². The normalized spacial score (nSPS) is 11.9. The van der Waals surface area contributed by atoms with Gasteiger partial charge in [0.1, 0.15) is 11.6 Å². The zero-order valence-corrected chi connectivity index (χ0v) is 13.3. The van der Waals surface area contributed by atoms with Gasteiger partial charge in [-0.2, -0.15) is 0 Å². The summed E-state index contributed by atoms with van der Waals surface area (Å²) in [5.74, 6) is -0.316. The van der Waals surface area contributed by atoms with Crippen molar-refractivity contribution in [1.29, 1.82) is 0 Å². The molecule has 1 atom stereocenters. The van der Waals surface area contributed by atoms with Gasteiger partial charge in [0, 0.05) is 5.69 Å². The number of carbonyl (C=O) groups excluding carboxylic acids is 1. The Labute approximate surface area is 138 Å². The average Bonchev–Trinajstić information content (AvgIpc) is 3.09. The van der Waals surface area contributed by atoms with Gasteiger partial charge in [-0.05, 0) is 17.7 Å². The third-order valence-electron chi connectivity index (χ3n) is 3.29. The van der Waals surface area contributed by atoms with E-state index in [1.165, 1.54) is 18.9 Å². The second-order valence-electron chi connectivity index (χ2n) is 4.75. The Hall–Kier alpha value is -2.60. The number of para-hydroxylation sites is 1. The number of ether oxygens (including phenoxy) is 1. The van der Waals surface area contributed by atoms with Crippen LogP contribution >= 0.6 is 11.8 Å². The van der Waals surface area contributed by atoms with E-state index in [0.717, 1.165) is 11.3 Å². The lowest BCUT2D eigenvalue weighted by Crippen LogP contribution is -2.12. The van der Waals surface area contributed by atoms with E-state index in [-0.39, 0.29) is 5.97 Å². The van der Waals surface area contributed by atoms with Crippen molar-refractivity contribution in [2.24, 2.45) is 0 Å². The molecule has 0 saturated carbocycles. The molecule has 0 amide bonds. The van der Waals surface area contributed by atoms with Gasteiger partial charge in [-0.15, -0.1) is 10.2 Å². The van der Waals surface area contributed by atoms with Crippen LogP contribution in [0, 0.1) is 0 Å². The Morgan fingerprint density at radius 2 is 1.74 bits per heavy atom. The van der Waals surface area contributed by atoms with Gasteiger partial charge in [0.05, 0.1) is 7.11 Å². The number of nitrogens with zero attached hydrogens (tertiary/aromatic N) is 3. The first-order chi connectivity index (χ1) is 11.3. The van der Waals surface area contributed by atoms with Crippen LogP contribution in [0.2, 0.25) is 0 Å². The summed E-state index contributed by atoms with van der Waals surface area (Å²) >= 11 is 1.32. The minimum Gasteiger partial charge on any atom is -0.468 e. The monoisotopic (exact) mass is 325 g/mol. The highest BCUT2D eigenvalue weighted by Gasteiger charge is 2.25. The molecule has 0 aliphatic rings. The average molecular weight is 325 g/mol. The Balaban J connectivity index is 1.93. The smallest absolute Gasteiger partial charge is 0.323 e. The minimum atomic E-state index is -0.493. The molecule has 5 nitrogen and oxygen atoms in total. The van der Waals surface area contributed by atoms with Crippen molar-refractivity contribution in [1.82, 2.24) is 14.8 Å². The van der Waals surface area contributed by atoms with Gasteiger partial charge in [0.25, 0.3) is 0 Å². The molecule has 0 spiro atoms. The van der Waals surface area contributed by atoms with Gasteiger partial charge in [-0.3, -0.25) is 9.36 Å². The summed E-state index contributed by atoms with van der Waals surface area (Å²) in [5, 5.41) is 8.26. The van der Waals surface area contributed by atoms with Crippen LogP contribution < -0.4 is 0 Å². The zero-order chi connectivity index (χ0) is 16.1. The molecule has 1 aromatic heterocycles. The highest BCUT2D eigenvalue weighted by molar-refractivity contribution is 8.00. The first kappa shape index (κ1) is 15.3. The summed E-state index contributed by atoms with van der Waals surface area (Å²) in [6.45, 7) is 0. The van der Waals surface area contributed by atoms with Crippen molar-refractivity contribution < 1.29 is 9.53 Å². The Morgan fingerprint density at radius 1 is 1.09 bits per heavy atom. The van der Waals surface area contributed by atoms with Crippen molar-refractivity contribution in [3.05, 3.63) is 72.6 Å². The van der Waals surface area contributed by atoms with Gasteiger partial charge >= 0.3 is 5.97 Å². The van der Waals surface area contributed by atoms with Crippen LogP contribution in [0.5, 0.6) is 0 Å². The molecular weight excluding hydrogens is 310 g/mol. The lowest BCUT2D eigenvalue weighted by atomic mass is 10.1. The number of carbonyl (C=O) groups is 1. The molecule has 2 aromatic carbocycles. The number of benzene rings is 2. The maximum Gasteiger partial charge on any atom is 0.323 e. The first-order valence-corrected chi connectivity index (χ1v) is 7.92. The summed E-state index contributed by atoms with van der Waals surface area (Å²) in [6.07, 6.45) is 1.64. The van der Waals surface area contributed by atoms with Gasteiger partial charge in [-0.25, -0.2) is 0 Å².